The fourth-order valence-electron chi connectivity index (χ4n) is 2.62. The first-order chi connectivity index (χ1) is 10.1. The summed E-state index contributed by atoms with van der Waals surface area (Å²) in [4.78, 5) is 12.2. The fourth-order valence-corrected chi connectivity index (χ4v) is 2.62. The molecule has 0 bridgehead atoms. The van der Waals surface area contributed by atoms with Crippen molar-refractivity contribution in [2.24, 2.45) is 0 Å². The zero-order valence-electron chi connectivity index (χ0n) is 12.1. The van der Waals surface area contributed by atoms with Gasteiger partial charge in [0, 0.05) is 18.5 Å². The van der Waals surface area contributed by atoms with Crippen molar-refractivity contribution in [1.82, 2.24) is 20.1 Å². The van der Waals surface area contributed by atoms with E-state index in [9.17, 15) is 9.18 Å². The van der Waals surface area contributed by atoms with E-state index in [0.29, 0.717) is 11.1 Å². The van der Waals surface area contributed by atoms with Gasteiger partial charge in [0.05, 0.1) is 6.04 Å². The molecular weight excluding hydrogens is 271 g/mol. The van der Waals surface area contributed by atoms with Gasteiger partial charge in [-0.05, 0) is 44.0 Å². The minimum Gasteiger partial charge on any atom is -0.342 e. The number of carbonyl (C=O) groups excluding carboxylic acids is 1. The summed E-state index contributed by atoms with van der Waals surface area (Å²) < 4.78 is 15.3. The quantitative estimate of drug-likeness (QED) is 0.941. The van der Waals surface area contributed by atoms with Crippen LogP contribution in [0.2, 0.25) is 0 Å². The van der Waals surface area contributed by atoms with Crippen LogP contribution in [-0.4, -0.2) is 20.7 Å². The number of nitrogens with zero attached hydrogens (tertiary/aromatic N) is 3. The van der Waals surface area contributed by atoms with Crippen LogP contribution in [0.3, 0.4) is 0 Å². The SMILES string of the molecule is Cc1cc(C(=O)NC(C)c2nnc3n2CCC3)ccc1F. The lowest BCUT2D eigenvalue weighted by molar-refractivity contribution is 0.0937. The Morgan fingerprint density at radius 2 is 2.24 bits per heavy atom. The fraction of sp³-hybridized carbons (Fsp3) is 0.400. The molecule has 6 heteroatoms. The maximum Gasteiger partial charge on any atom is 0.251 e. The standard InChI is InChI=1S/C15H17FN4O/c1-9-8-11(5-6-12(9)16)15(21)17-10(2)14-19-18-13-4-3-7-20(13)14/h5-6,8,10H,3-4,7H2,1-2H3,(H,17,21). The van der Waals surface area contributed by atoms with Gasteiger partial charge >= 0.3 is 0 Å². The monoisotopic (exact) mass is 288 g/mol. The lowest BCUT2D eigenvalue weighted by atomic mass is 10.1. The Morgan fingerprint density at radius 1 is 1.43 bits per heavy atom. The number of benzene rings is 1. The van der Waals surface area contributed by atoms with E-state index in [-0.39, 0.29) is 17.8 Å². The number of carbonyl (C=O) groups is 1. The second-order valence-electron chi connectivity index (χ2n) is 5.39. The second-order valence-corrected chi connectivity index (χ2v) is 5.39. The smallest absolute Gasteiger partial charge is 0.251 e. The van der Waals surface area contributed by atoms with Crippen molar-refractivity contribution in [2.75, 3.05) is 0 Å². The number of hydrogen-bond acceptors (Lipinski definition) is 3. The Hall–Kier alpha value is -2.24. The minimum atomic E-state index is -0.310. The largest absolute Gasteiger partial charge is 0.342 e. The molecule has 1 aromatic heterocycles. The van der Waals surface area contributed by atoms with Crippen LogP contribution < -0.4 is 5.32 Å². The molecule has 21 heavy (non-hydrogen) atoms. The van der Waals surface area contributed by atoms with Gasteiger partial charge in [-0.1, -0.05) is 0 Å². The van der Waals surface area contributed by atoms with Gasteiger partial charge in [-0.2, -0.15) is 0 Å². The topological polar surface area (TPSA) is 59.8 Å². The van der Waals surface area contributed by atoms with Crippen molar-refractivity contribution < 1.29 is 9.18 Å². The summed E-state index contributed by atoms with van der Waals surface area (Å²) in [6, 6.07) is 4.11. The Balaban J connectivity index is 1.76. The van der Waals surface area contributed by atoms with Gasteiger partial charge in [-0.3, -0.25) is 4.79 Å². The van der Waals surface area contributed by atoms with E-state index in [4.69, 9.17) is 0 Å². The maximum absolute atomic E-state index is 13.2. The Kier molecular flexibility index (Phi) is 3.45. The number of halogens is 1. The third kappa shape index (κ3) is 2.53. The third-order valence-electron chi connectivity index (χ3n) is 3.79. The minimum absolute atomic E-state index is 0.234. The third-order valence-corrected chi connectivity index (χ3v) is 3.79. The van der Waals surface area contributed by atoms with Crippen LogP contribution in [0.5, 0.6) is 0 Å². The van der Waals surface area contributed by atoms with Crippen LogP contribution >= 0.6 is 0 Å². The van der Waals surface area contributed by atoms with Crippen LogP contribution in [0.25, 0.3) is 0 Å². The van der Waals surface area contributed by atoms with Crippen LogP contribution in [0.15, 0.2) is 18.2 Å². The number of aryl methyl sites for hydroxylation is 2. The molecule has 0 saturated carbocycles. The molecular formula is C15H17FN4O. The average molecular weight is 288 g/mol. The molecule has 3 rings (SSSR count). The van der Waals surface area contributed by atoms with Gasteiger partial charge in [0.15, 0.2) is 5.82 Å². The van der Waals surface area contributed by atoms with Crippen LogP contribution in [0.4, 0.5) is 4.39 Å². The molecule has 0 saturated heterocycles. The first-order valence-corrected chi connectivity index (χ1v) is 7.05. The summed E-state index contributed by atoms with van der Waals surface area (Å²) in [5, 5.41) is 11.2. The highest BCUT2D eigenvalue weighted by Crippen LogP contribution is 2.19. The molecule has 1 aromatic carbocycles. The molecule has 1 N–H and O–H groups in total. The highest BCUT2D eigenvalue weighted by molar-refractivity contribution is 5.94. The molecule has 1 atom stereocenters. The number of rotatable bonds is 3. The Labute approximate surface area is 122 Å². The molecule has 1 aliphatic rings. The summed E-state index contributed by atoms with van der Waals surface area (Å²) in [5.41, 5.74) is 0.903. The van der Waals surface area contributed by atoms with Crippen LogP contribution in [0, 0.1) is 12.7 Å². The van der Waals surface area contributed by atoms with Gasteiger partial charge < -0.3 is 9.88 Å². The normalized spacial score (nSPS) is 14.8. The molecule has 2 heterocycles. The predicted octanol–water partition coefficient (Wildman–Crippen LogP) is 2.16. The van der Waals surface area contributed by atoms with Crippen molar-refractivity contribution in [3.63, 3.8) is 0 Å². The van der Waals surface area contributed by atoms with E-state index in [2.05, 4.69) is 20.1 Å². The summed E-state index contributed by atoms with van der Waals surface area (Å²) in [7, 11) is 0. The molecule has 110 valence electrons. The van der Waals surface area contributed by atoms with E-state index in [1.807, 2.05) is 6.92 Å². The summed E-state index contributed by atoms with van der Waals surface area (Å²) in [6.45, 7) is 4.42. The number of hydrogen-bond donors (Lipinski definition) is 1. The van der Waals surface area contributed by atoms with Crippen LogP contribution in [-0.2, 0) is 13.0 Å². The second kappa shape index (κ2) is 5.27. The van der Waals surface area contributed by atoms with Crippen molar-refractivity contribution in [3.05, 3.63) is 46.8 Å². The summed E-state index contributed by atoms with van der Waals surface area (Å²) in [6.07, 6.45) is 2.00. The molecule has 0 aliphatic carbocycles. The van der Waals surface area contributed by atoms with Crippen molar-refractivity contribution in [3.8, 4) is 0 Å². The van der Waals surface area contributed by atoms with Gasteiger partial charge in [-0.15, -0.1) is 10.2 Å². The summed E-state index contributed by atoms with van der Waals surface area (Å²) >= 11 is 0. The zero-order chi connectivity index (χ0) is 15.0. The molecule has 1 amide bonds. The van der Waals surface area contributed by atoms with Gasteiger partial charge in [-0.25, -0.2) is 4.39 Å². The molecule has 5 nitrogen and oxygen atoms in total. The molecule has 0 fully saturated rings. The maximum atomic E-state index is 13.2. The van der Waals surface area contributed by atoms with E-state index in [1.165, 1.54) is 12.1 Å². The van der Waals surface area contributed by atoms with Gasteiger partial charge in [0.25, 0.3) is 5.91 Å². The first-order valence-electron chi connectivity index (χ1n) is 7.05. The van der Waals surface area contributed by atoms with Crippen LogP contribution in [0.1, 0.15) is 47.0 Å². The number of fused-ring (bicyclic) bond motifs is 1. The first kappa shape index (κ1) is 13.7. The van der Waals surface area contributed by atoms with Gasteiger partial charge in [0.1, 0.15) is 11.6 Å². The van der Waals surface area contributed by atoms with Crippen molar-refractivity contribution >= 4 is 5.91 Å². The molecule has 1 aliphatic heterocycles. The lowest BCUT2D eigenvalue weighted by Gasteiger charge is -2.14. The number of aromatic nitrogens is 3. The highest BCUT2D eigenvalue weighted by atomic mass is 19.1. The average Bonchev–Trinajstić information content (AvgIpc) is 3.04. The lowest BCUT2D eigenvalue weighted by Crippen LogP contribution is -2.28. The summed E-state index contributed by atoms with van der Waals surface area (Å²) in [5.74, 6) is 1.20. The Morgan fingerprint density at radius 3 is 3.00 bits per heavy atom. The molecule has 2 aromatic rings. The number of nitrogens with one attached hydrogen (secondary N) is 1. The number of amides is 1. The van der Waals surface area contributed by atoms with E-state index in [1.54, 1.807) is 13.0 Å². The zero-order valence-corrected chi connectivity index (χ0v) is 12.1. The Bertz CT molecular complexity index is 695. The molecule has 1 unspecified atom stereocenters. The van der Waals surface area contributed by atoms with Crippen molar-refractivity contribution in [1.29, 1.82) is 0 Å². The molecule has 0 spiro atoms. The van der Waals surface area contributed by atoms with Gasteiger partial charge in [0.2, 0.25) is 0 Å². The molecule has 0 radical (unpaired) electrons. The van der Waals surface area contributed by atoms with E-state index < -0.39 is 0 Å². The highest BCUT2D eigenvalue weighted by Gasteiger charge is 2.22. The predicted molar refractivity (Wildman–Crippen MR) is 75.4 cm³/mol. The van der Waals surface area contributed by atoms with E-state index in [0.717, 1.165) is 31.0 Å². The van der Waals surface area contributed by atoms with E-state index >= 15 is 0 Å². The van der Waals surface area contributed by atoms with Crippen molar-refractivity contribution in [2.45, 2.75) is 39.3 Å².